The zero-order chi connectivity index (χ0) is 21.9. The van der Waals surface area contributed by atoms with Gasteiger partial charge in [-0.1, -0.05) is 12.1 Å². The number of benzene rings is 2. The number of hydrogen-bond donors (Lipinski definition) is 2. The second-order valence-electron chi connectivity index (χ2n) is 6.84. The number of rotatable bonds is 4. The van der Waals surface area contributed by atoms with Crippen LogP contribution in [0.3, 0.4) is 0 Å². The van der Waals surface area contributed by atoms with Crippen LogP contribution in [0.5, 0.6) is 0 Å². The minimum Gasteiger partial charge on any atom is -0.465 e. The molecule has 2 aromatic rings. The first kappa shape index (κ1) is 22.0. The molecule has 0 atom stereocenters. The molecule has 1 aliphatic heterocycles. The highest BCUT2D eigenvalue weighted by Gasteiger charge is 2.30. The summed E-state index contributed by atoms with van der Waals surface area (Å²) in [6.45, 7) is 0.0375. The van der Waals surface area contributed by atoms with Gasteiger partial charge in [-0.05, 0) is 30.3 Å². The summed E-state index contributed by atoms with van der Waals surface area (Å²) in [7, 11) is -1.52. The molecule has 1 aliphatic rings. The number of carbonyl (C=O) groups is 2. The van der Waals surface area contributed by atoms with Crippen molar-refractivity contribution in [3.8, 4) is 0 Å². The molecule has 30 heavy (non-hydrogen) atoms. The van der Waals surface area contributed by atoms with E-state index in [1.54, 1.807) is 0 Å². The fraction of sp³-hybridized carbons (Fsp3) is 0.300. The van der Waals surface area contributed by atoms with E-state index >= 15 is 0 Å². The van der Waals surface area contributed by atoms with Gasteiger partial charge in [0.15, 0.2) is 0 Å². The molecule has 2 N–H and O–H groups in total. The summed E-state index contributed by atoms with van der Waals surface area (Å²) in [5.74, 6) is -1.85. The van der Waals surface area contributed by atoms with Crippen LogP contribution in [0.15, 0.2) is 42.5 Å². The largest absolute Gasteiger partial charge is 0.465 e. The first-order valence-corrected chi connectivity index (χ1v) is 11.0. The van der Waals surface area contributed by atoms with Crippen molar-refractivity contribution in [2.45, 2.75) is 6.54 Å². The number of esters is 1. The highest BCUT2D eigenvalue weighted by atomic mass is 32.3. The number of ether oxygens (including phenoxy) is 1. The van der Waals surface area contributed by atoms with Crippen molar-refractivity contribution in [3.05, 3.63) is 65.2 Å². The minimum atomic E-state index is -2.70. The van der Waals surface area contributed by atoms with Crippen molar-refractivity contribution in [1.82, 2.24) is 4.90 Å². The van der Waals surface area contributed by atoms with Crippen molar-refractivity contribution in [2.24, 2.45) is 0 Å². The Balaban J connectivity index is 1.89. The zero-order valence-corrected chi connectivity index (χ0v) is 17.1. The van der Waals surface area contributed by atoms with Gasteiger partial charge >= 0.3 is 12.0 Å². The first-order chi connectivity index (χ1) is 14.2. The topological polar surface area (TPSA) is 90.3 Å². The molecule has 1 fully saturated rings. The lowest BCUT2D eigenvalue weighted by molar-refractivity contribution is 0.0600. The van der Waals surface area contributed by atoms with Crippen LogP contribution >= 0.6 is 10.6 Å². The summed E-state index contributed by atoms with van der Waals surface area (Å²) >= 11 is 0. The van der Waals surface area contributed by atoms with Crippen LogP contribution in [0.25, 0.3) is 0 Å². The van der Waals surface area contributed by atoms with Crippen LogP contribution in [-0.2, 0) is 11.3 Å². The Bertz CT molecular complexity index is 947. The van der Waals surface area contributed by atoms with E-state index in [1.807, 2.05) is 0 Å². The second kappa shape index (κ2) is 8.99. The molecule has 0 saturated carbocycles. The van der Waals surface area contributed by atoms with Crippen molar-refractivity contribution in [2.75, 3.05) is 36.6 Å². The number of anilines is 1. The molecular formula is C20H22F2N2O5S. The van der Waals surface area contributed by atoms with Gasteiger partial charge in [0.25, 0.3) is 0 Å². The van der Waals surface area contributed by atoms with E-state index in [4.69, 9.17) is 0 Å². The Morgan fingerprint density at radius 2 is 1.83 bits per heavy atom. The third-order valence-corrected chi connectivity index (χ3v) is 6.47. The average molecular weight is 440 g/mol. The van der Waals surface area contributed by atoms with E-state index in [0.29, 0.717) is 0 Å². The molecule has 0 spiro atoms. The molecule has 1 heterocycles. The average Bonchev–Trinajstić information content (AvgIpc) is 2.71. The predicted octanol–water partition coefficient (Wildman–Crippen LogP) is 3.94. The van der Waals surface area contributed by atoms with Gasteiger partial charge in [0.05, 0.1) is 30.7 Å². The van der Waals surface area contributed by atoms with Gasteiger partial charge in [0.1, 0.15) is 11.6 Å². The summed E-state index contributed by atoms with van der Waals surface area (Å²) in [4.78, 5) is 27.4. The van der Waals surface area contributed by atoms with E-state index in [-0.39, 0.29) is 48.0 Å². The van der Waals surface area contributed by atoms with Crippen molar-refractivity contribution >= 4 is 28.3 Å². The van der Waals surface area contributed by atoms with Gasteiger partial charge in [-0.15, -0.1) is 0 Å². The van der Waals surface area contributed by atoms with Crippen LogP contribution in [0.1, 0.15) is 15.9 Å². The van der Waals surface area contributed by atoms with Crippen LogP contribution < -0.4 is 4.90 Å². The number of amides is 2. The van der Waals surface area contributed by atoms with E-state index in [2.05, 4.69) is 4.74 Å². The van der Waals surface area contributed by atoms with Crippen molar-refractivity contribution < 1.29 is 32.2 Å². The molecule has 7 nitrogen and oxygen atoms in total. The molecule has 10 heteroatoms. The molecule has 0 radical (unpaired) electrons. The summed E-state index contributed by atoms with van der Waals surface area (Å²) in [5.41, 5.74) is 0.388. The van der Waals surface area contributed by atoms with Crippen LogP contribution in [0, 0.1) is 11.6 Å². The maximum absolute atomic E-state index is 14.6. The Morgan fingerprint density at radius 3 is 2.43 bits per heavy atom. The van der Waals surface area contributed by atoms with E-state index < -0.39 is 34.2 Å². The third kappa shape index (κ3) is 5.07. The standard InChI is InChI=1S/C20H22F2N2O5S/c1-29-19(25)14-5-6-15(18(22)11-14)13-24(17-4-2-3-16(21)12-17)20(26)23-7-9-30(27,28)10-8-23/h2-6,11-12,27-28H,7-10,13H2,1H3. The third-order valence-electron chi connectivity index (χ3n) is 4.80. The van der Waals surface area contributed by atoms with Crippen LogP contribution in [0.2, 0.25) is 0 Å². The lowest BCUT2D eigenvalue weighted by Gasteiger charge is -2.42. The lowest BCUT2D eigenvalue weighted by Crippen LogP contribution is -2.48. The maximum atomic E-state index is 14.6. The lowest BCUT2D eigenvalue weighted by atomic mass is 10.1. The SMILES string of the molecule is COC(=O)c1ccc(CN(C(=O)N2CCS(O)(O)CC2)c2cccc(F)c2)c(F)c1. The van der Waals surface area contributed by atoms with Crippen LogP contribution in [0.4, 0.5) is 19.3 Å². The van der Waals surface area contributed by atoms with Gasteiger partial charge < -0.3 is 9.64 Å². The zero-order valence-electron chi connectivity index (χ0n) is 16.3. The number of hydrogen-bond acceptors (Lipinski definition) is 5. The van der Waals surface area contributed by atoms with E-state index in [0.717, 1.165) is 12.1 Å². The number of carbonyl (C=O) groups excluding carboxylic acids is 2. The smallest absolute Gasteiger partial charge is 0.337 e. The van der Waals surface area contributed by atoms with Gasteiger partial charge in [-0.25, -0.2) is 18.4 Å². The minimum absolute atomic E-state index is 0.0311. The molecule has 2 amide bonds. The molecule has 2 aromatic carbocycles. The monoisotopic (exact) mass is 440 g/mol. The highest BCUT2D eigenvalue weighted by Crippen LogP contribution is 2.40. The molecule has 0 unspecified atom stereocenters. The predicted molar refractivity (Wildman–Crippen MR) is 110 cm³/mol. The first-order valence-electron chi connectivity index (χ1n) is 9.12. The Hall–Kier alpha value is -2.69. The van der Waals surface area contributed by atoms with Crippen molar-refractivity contribution in [3.63, 3.8) is 0 Å². The van der Waals surface area contributed by atoms with Gasteiger partial charge in [0, 0.05) is 24.3 Å². The van der Waals surface area contributed by atoms with Gasteiger partial charge in [-0.2, -0.15) is 10.6 Å². The van der Waals surface area contributed by atoms with E-state index in [1.165, 1.54) is 47.2 Å². The van der Waals surface area contributed by atoms with Crippen LogP contribution in [-0.4, -0.2) is 57.7 Å². The molecule has 1 saturated heterocycles. The molecular weight excluding hydrogens is 418 g/mol. The second-order valence-corrected chi connectivity index (χ2v) is 9.26. The molecule has 0 aromatic heterocycles. The number of methoxy groups -OCH3 is 1. The number of halogens is 2. The van der Waals surface area contributed by atoms with E-state index in [9.17, 15) is 27.5 Å². The molecule has 0 bridgehead atoms. The summed E-state index contributed by atoms with van der Waals surface area (Å²) in [6.07, 6.45) is 0. The molecule has 3 rings (SSSR count). The van der Waals surface area contributed by atoms with Gasteiger partial charge in [-0.3, -0.25) is 14.0 Å². The Kier molecular flexibility index (Phi) is 6.59. The number of nitrogens with zero attached hydrogens (tertiary/aromatic N) is 2. The summed E-state index contributed by atoms with van der Waals surface area (Å²) in [6, 6.07) is 8.62. The van der Waals surface area contributed by atoms with Crippen molar-refractivity contribution in [1.29, 1.82) is 0 Å². The Labute approximate surface area is 174 Å². The molecule has 162 valence electrons. The maximum Gasteiger partial charge on any atom is 0.337 e. The Morgan fingerprint density at radius 1 is 1.13 bits per heavy atom. The highest BCUT2D eigenvalue weighted by molar-refractivity contribution is 8.24. The fourth-order valence-corrected chi connectivity index (χ4v) is 4.32. The molecule has 0 aliphatic carbocycles. The number of urea groups is 1. The summed E-state index contributed by atoms with van der Waals surface area (Å²) < 4.78 is 52.5. The quantitative estimate of drug-likeness (QED) is 0.703. The normalized spacial score (nSPS) is 16.6. The fourth-order valence-electron chi connectivity index (χ4n) is 3.09. The van der Waals surface area contributed by atoms with Gasteiger partial charge in [0.2, 0.25) is 0 Å². The summed E-state index contributed by atoms with van der Waals surface area (Å²) in [5, 5.41) is 0.